The number of aliphatic hydroxyl groups excluding tert-OH is 1. The standard InChI is InChI=1S/C14H22O2/c1-9(2)11-6-12(10(3)4)14(5,8-15)13(16)7-11/h11-12,15H,1,3,6-8H2,2,4-5H3. The molecule has 0 spiro atoms. The molecule has 1 saturated carbocycles. The summed E-state index contributed by atoms with van der Waals surface area (Å²) in [4.78, 5) is 12.1. The SMILES string of the molecule is C=C(C)C1CC(=O)C(C)(CO)C(C(=C)C)C1. The number of hydrogen-bond donors (Lipinski definition) is 1. The van der Waals surface area contributed by atoms with Gasteiger partial charge in [0, 0.05) is 6.42 Å². The Labute approximate surface area is 98.1 Å². The topological polar surface area (TPSA) is 37.3 Å². The Morgan fingerprint density at radius 3 is 2.38 bits per heavy atom. The smallest absolute Gasteiger partial charge is 0.142 e. The zero-order valence-corrected chi connectivity index (χ0v) is 10.5. The van der Waals surface area contributed by atoms with Crippen molar-refractivity contribution in [2.45, 2.75) is 33.6 Å². The predicted molar refractivity (Wildman–Crippen MR) is 66.0 cm³/mol. The summed E-state index contributed by atoms with van der Waals surface area (Å²) in [7, 11) is 0. The van der Waals surface area contributed by atoms with Crippen LogP contribution in [0.2, 0.25) is 0 Å². The minimum Gasteiger partial charge on any atom is -0.395 e. The van der Waals surface area contributed by atoms with Crippen LogP contribution in [0.25, 0.3) is 0 Å². The molecular weight excluding hydrogens is 200 g/mol. The number of carbonyl (C=O) groups excluding carboxylic acids is 1. The van der Waals surface area contributed by atoms with Gasteiger partial charge in [0.2, 0.25) is 0 Å². The summed E-state index contributed by atoms with van der Waals surface area (Å²) in [6.07, 6.45) is 1.39. The van der Waals surface area contributed by atoms with E-state index in [1.54, 1.807) is 0 Å². The van der Waals surface area contributed by atoms with Crippen molar-refractivity contribution in [2.75, 3.05) is 6.61 Å². The number of rotatable bonds is 3. The number of aliphatic hydroxyl groups is 1. The monoisotopic (exact) mass is 222 g/mol. The molecule has 0 radical (unpaired) electrons. The van der Waals surface area contributed by atoms with Gasteiger partial charge in [0.25, 0.3) is 0 Å². The highest BCUT2D eigenvalue weighted by molar-refractivity contribution is 5.86. The van der Waals surface area contributed by atoms with Gasteiger partial charge in [-0.15, -0.1) is 0 Å². The highest BCUT2D eigenvalue weighted by atomic mass is 16.3. The fraction of sp³-hybridized carbons (Fsp3) is 0.643. The van der Waals surface area contributed by atoms with Crippen molar-refractivity contribution in [3.05, 3.63) is 24.3 Å². The molecule has 0 aliphatic heterocycles. The lowest BCUT2D eigenvalue weighted by Gasteiger charge is -2.42. The van der Waals surface area contributed by atoms with Gasteiger partial charge in [-0.3, -0.25) is 4.79 Å². The van der Waals surface area contributed by atoms with Crippen LogP contribution in [0.15, 0.2) is 24.3 Å². The molecule has 0 aromatic rings. The van der Waals surface area contributed by atoms with E-state index in [1.807, 2.05) is 20.8 Å². The molecule has 1 N–H and O–H groups in total. The minimum atomic E-state index is -0.641. The van der Waals surface area contributed by atoms with E-state index in [2.05, 4.69) is 13.2 Å². The molecule has 90 valence electrons. The van der Waals surface area contributed by atoms with E-state index < -0.39 is 5.41 Å². The first-order valence-electron chi connectivity index (χ1n) is 5.78. The Morgan fingerprint density at radius 1 is 1.44 bits per heavy atom. The maximum Gasteiger partial charge on any atom is 0.142 e. The van der Waals surface area contributed by atoms with Gasteiger partial charge in [-0.05, 0) is 39.0 Å². The maximum atomic E-state index is 12.1. The van der Waals surface area contributed by atoms with E-state index >= 15 is 0 Å². The molecule has 1 aliphatic carbocycles. The van der Waals surface area contributed by atoms with Crippen molar-refractivity contribution in [3.63, 3.8) is 0 Å². The molecule has 0 aromatic heterocycles. The largest absolute Gasteiger partial charge is 0.395 e. The first-order chi connectivity index (χ1) is 7.32. The Morgan fingerprint density at radius 2 is 2.00 bits per heavy atom. The van der Waals surface area contributed by atoms with Crippen molar-refractivity contribution in [1.29, 1.82) is 0 Å². The third kappa shape index (κ3) is 2.12. The lowest BCUT2D eigenvalue weighted by Crippen LogP contribution is -2.45. The Kier molecular flexibility index (Phi) is 3.74. The van der Waals surface area contributed by atoms with Crippen LogP contribution in [0, 0.1) is 17.3 Å². The second kappa shape index (κ2) is 4.54. The van der Waals surface area contributed by atoms with Gasteiger partial charge in [0.15, 0.2) is 0 Å². The molecular formula is C14H22O2. The first kappa shape index (κ1) is 13.2. The Balaban J connectivity index is 3.03. The summed E-state index contributed by atoms with van der Waals surface area (Å²) in [5.74, 6) is 0.455. The van der Waals surface area contributed by atoms with E-state index in [0.29, 0.717) is 6.42 Å². The highest BCUT2D eigenvalue weighted by Crippen LogP contribution is 2.45. The molecule has 0 bridgehead atoms. The van der Waals surface area contributed by atoms with Crippen LogP contribution in [-0.4, -0.2) is 17.5 Å². The minimum absolute atomic E-state index is 0.0699. The van der Waals surface area contributed by atoms with Crippen molar-refractivity contribution >= 4 is 5.78 Å². The molecule has 0 saturated heterocycles. The second-order valence-corrected chi connectivity index (χ2v) is 5.38. The molecule has 3 unspecified atom stereocenters. The van der Waals surface area contributed by atoms with E-state index in [4.69, 9.17) is 0 Å². The molecule has 1 rings (SSSR count). The lowest BCUT2D eigenvalue weighted by molar-refractivity contribution is -0.137. The van der Waals surface area contributed by atoms with Crippen molar-refractivity contribution in [1.82, 2.24) is 0 Å². The van der Waals surface area contributed by atoms with E-state index in [-0.39, 0.29) is 24.2 Å². The van der Waals surface area contributed by atoms with Gasteiger partial charge in [0.1, 0.15) is 5.78 Å². The highest BCUT2D eigenvalue weighted by Gasteiger charge is 2.46. The summed E-state index contributed by atoms with van der Waals surface area (Å²) in [5, 5.41) is 9.48. The number of Topliss-reactive ketones (excluding diaryl/α,β-unsaturated/α-hetero) is 1. The molecule has 1 fully saturated rings. The van der Waals surface area contributed by atoms with Crippen LogP contribution in [0.3, 0.4) is 0 Å². The number of hydrogen-bond acceptors (Lipinski definition) is 2. The quantitative estimate of drug-likeness (QED) is 0.745. The van der Waals surface area contributed by atoms with Gasteiger partial charge in [-0.25, -0.2) is 0 Å². The number of carbonyl (C=O) groups is 1. The van der Waals surface area contributed by atoms with Crippen LogP contribution >= 0.6 is 0 Å². The van der Waals surface area contributed by atoms with Gasteiger partial charge in [0.05, 0.1) is 12.0 Å². The van der Waals surface area contributed by atoms with Gasteiger partial charge < -0.3 is 5.11 Å². The Bertz CT molecular complexity index is 330. The van der Waals surface area contributed by atoms with Crippen molar-refractivity contribution in [3.8, 4) is 0 Å². The summed E-state index contributed by atoms with van der Waals surface area (Å²) in [5.41, 5.74) is 1.40. The average molecular weight is 222 g/mol. The lowest BCUT2D eigenvalue weighted by atomic mass is 9.61. The van der Waals surface area contributed by atoms with Crippen LogP contribution in [0.5, 0.6) is 0 Å². The molecule has 1 aliphatic rings. The summed E-state index contributed by atoms with van der Waals surface area (Å²) in [6, 6.07) is 0. The van der Waals surface area contributed by atoms with Crippen LogP contribution in [0.1, 0.15) is 33.6 Å². The second-order valence-electron chi connectivity index (χ2n) is 5.38. The summed E-state index contributed by atoms with van der Waals surface area (Å²) < 4.78 is 0. The summed E-state index contributed by atoms with van der Waals surface area (Å²) >= 11 is 0. The fourth-order valence-corrected chi connectivity index (χ4v) is 2.60. The normalized spacial score (nSPS) is 34.9. The molecule has 3 atom stereocenters. The molecule has 16 heavy (non-hydrogen) atoms. The van der Waals surface area contributed by atoms with Crippen molar-refractivity contribution in [2.24, 2.45) is 17.3 Å². The van der Waals surface area contributed by atoms with Crippen LogP contribution in [0.4, 0.5) is 0 Å². The molecule has 2 heteroatoms. The van der Waals surface area contributed by atoms with Crippen LogP contribution < -0.4 is 0 Å². The first-order valence-corrected chi connectivity index (χ1v) is 5.78. The molecule has 0 amide bonds. The van der Waals surface area contributed by atoms with E-state index in [9.17, 15) is 9.90 Å². The van der Waals surface area contributed by atoms with Gasteiger partial charge in [-0.1, -0.05) is 24.3 Å². The zero-order chi connectivity index (χ0) is 12.5. The van der Waals surface area contributed by atoms with E-state index in [1.165, 1.54) is 0 Å². The van der Waals surface area contributed by atoms with Gasteiger partial charge >= 0.3 is 0 Å². The maximum absolute atomic E-state index is 12.1. The Hall–Kier alpha value is -0.890. The molecule has 2 nitrogen and oxygen atoms in total. The predicted octanol–water partition coefficient (Wildman–Crippen LogP) is 2.73. The third-order valence-electron chi connectivity index (χ3n) is 3.98. The fourth-order valence-electron chi connectivity index (χ4n) is 2.60. The zero-order valence-electron chi connectivity index (χ0n) is 10.5. The number of ketones is 1. The van der Waals surface area contributed by atoms with Gasteiger partial charge in [-0.2, -0.15) is 0 Å². The average Bonchev–Trinajstić information content (AvgIpc) is 2.20. The third-order valence-corrected chi connectivity index (χ3v) is 3.98. The molecule has 0 aromatic carbocycles. The van der Waals surface area contributed by atoms with Crippen LogP contribution in [-0.2, 0) is 4.79 Å². The summed E-state index contributed by atoms with van der Waals surface area (Å²) in [6.45, 7) is 13.6. The van der Waals surface area contributed by atoms with E-state index in [0.717, 1.165) is 17.6 Å². The molecule has 0 heterocycles. The number of allylic oxidation sites excluding steroid dienone is 2. The van der Waals surface area contributed by atoms with Crippen molar-refractivity contribution < 1.29 is 9.90 Å².